The number of nitrogens with zero attached hydrogens (tertiary/aromatic N) is 3. The number of aromatic nitrogens is 3. The number of aryl methyl sites for hydroxylation is 2. The lowest BCUT2D eigenvalue weighted by Crippen LogP contribution is -2.06. The third-order valence-corrected chi connectivity index (χ3v) is 6.33. The lowest BCUT2D eigenvalue weighted by atomic mass is 10.2. The molecule has 0 aliphatic rings. The van der Waals surface area contributed by atoms with Crippen LogP contribution in [0.5, 0.6) is 0 Å². The number of nitrogens with one attached hydrogen (secondary N) is 1. The van der Waals surface area contributed by atoms with E-state index in [0.717, 1.165) is 45.1 Å². The van der Waals surface area contributed by atoms with E-state index >= 15 is 0 Å². The number of anilines is 2. The Morgan fingerprint density at radius 2 is 1.93 bits per heavy atom. The molecule has 0 fully saturated rings. The zero-order valence-electron chi connectivity index (χ0n) is 16.1. The molecule has 0 bridgehead atoms. The summed E-state index contributed by atoms with van der Waals surface area (Å²) in [6.07, 6.45) is 1.06. The van der Waals surface area contributed by atoms with Gasteiger partial charge in [-0.3, -0.25) is 4.79 Å². The highest BCUT2D eigenvalue weighted by Crippen LogP contribution is 2.29. The lowest BCUT2D eigenvalue weighted by molar-refractivity contribution is 0.102. The van der Waals surface area contributed by atoms with Crippen molar-refractivity contribution in [1.29, 1.82) is 0 Å². The van der Waals surface area contributed by atoms with Gasteiger partial charge in [0.15, 0.2) is 10.1 Å². The first-order valence-corrected chi connectivity index (χ1v) is 10.8. The van der Waals surface area contributed by atoms with Crippen molar-refractivity contribution in [3.05, 3.63) is 52.8 Å². The average molecular weight is 401 g/mol. The molecular weight excluding hydrogens is 376 g/mol. The van der Waals surface area contributed by atoms with E-state index in [1.807, 2.05) is 37.3 Å². The number of hydrogen-bond acceptors (Lipinski definition) is 6. The van der Waals surface area contributed by atoms with Gasteiger partial charge in [-0.05, 0) is 45.4 Å². The number of ketones is 1. The van der Waals surface area contributed by atoms with Crippen molar-refractivity contribution in [1.82, 2.24) is 14.8 Å². The van der Waals surface area contributed by atoms with Gasteiger partial charge in [0.05, 0.1) is 5.75 Å². The maximum absolute atomic E-state index is 12.6. The number of Topliss-reactive ketones (excluding diaryl/α,β-unsaturated/α-hetero) is 1. The van der Waals surface area contributed by atoms with Gasteiger partial charge in [-0.15, -0.1) is 10.2 Å². The van der Waals surface area contributed by atoms with Gasteiger partial charge in [0, 0.05) is 29.2 Å². The Kier molecular flexibility index (Phi) is 6.34. The summed E-state index contributed by atoms with van der Waals surface area (Å²) < 4.78 is 3.01. The van der Waals surface area contributed by atoms with E-state index in [1.54, 1.807) is 0 Å². The predicted molar refractivity (Wildman–Crippen MR) is 114 cm³/mol. The van der Waals surface area contributed by atoms with E-state index in [0.29, 0.717) is 5.75 Å². The Hall–Kier alpha value is -2.12. The summed E-state index contributed by atoms with van der Waals surface area (Å²) in [4.78, 5) is 12.6. The second-order valence-corrected chi connectivity index (χ2v) is 8.71. The van der Waals surface area contributed by atoms with Crippen molar-refractivity contribution < 1.29 is 4.79 Å². The van der Waals surface area contributed by atoms with Gasteiger partial charge in [-0.2, -0.15) is 0 Å². The average Bonchev–Trinajstić information content (AvgIpc) is 3.21. The number of thioether (sulfide) groups is 1. The number of rotatable bonds is 8. The summed E-state index contributed by atoms with van der Waals surface area (Å²) in [5, 5.41) is 12.3. The second-order valence-electron chi connectivity index (χ2n) is 6.51. The maximum atomic E-state index is 12.6. The Morgan fingerprint density at radius 1 is 1.19 bits per heavy atom. The zero-order chi connectivity index (χ0) is 19.4. The number of carbonyl (C=O) groups is 1. The molecule has 0 atom stereocenters. The van der Waals surface area contributed by atoms with Gasteiger partial charge in [-0.1, -0.05) is 47.7 Å². The monoisotopic (exact) mass is 400 g/mol. The molecule has 7 heteroatoms. The fourth-order valence-corrected chi connectivity index (χ4v) is 4.59. The Labute approximate surface area is 168 Å². The molecule has 27 heavy (non-hydrogen) atoms. The van der Waals surface area contributed by atoms with Gasteiger partial charge in [0.2, 0.25) is 5.13 Å². The SMILES string of the molecule is CCCn1c(C)cc(C(=O)CSc2nnc(Nc3ccc(C)cc3)s2)c1C. The quantitative estimate of drug-likeness (QED) is 0.405. The van der Waals surface area contributed by atoms with Crippen LogP contribution in [-0.4, -0.2) is 26.3 Å². The molecule has 0 radical (unpaired) electrons. The molecule has 3 rings (SSSR count). The minimum atomic E-state index is 0.138. The van der Waals surface area contributed by atoms with E-state index < -0.39 is 0 Å². The largest absolute Gasteiger partial charge is 0.348 e. The first-order valence-electron chi connectivity index (χ1n) is 8.98. The van der Waals surface area contributed by atoms with Crippen LogP contribution in [0, 0.1) is 20.8 Å². The van der Waals surface area contributed by atoms with Crippen molar-refractivity contribution in [2.24, 2.45) is 0 Å². The molecule has 0 spiro atoms. The zero-order valence-corrected chi connectivity index (χ0v) is 17.7. The molecular formula is C20H24N4OS2. The summed E-state index contributed by atoms with van der Waals surface area (Å²) in [6, 6.07) is 10.1. The Bertz CT molecular complexity index is 928. The topological polar surface area (TPSA) is 59.8 Å². The molecule has 2 heterocycles. The molecule has 0 aliphatic carbocycles. The highest BCUT2D eigenvalue weighted by Gasteiger charge is 2.16. The third kappa shape index (κ3) is 4.78. The number of benzene rings is 1. The molecule has 0 amide bonds. The summed E-state index contributed by atoms with van der Waals surface area (Å²) >= 11 is 2.90. The molecule has 5 nitrogen and oxygen atoms in total. The summed E-state index contributed by atoms with van der Waals surface area (Å²) in [6.45, 7) is 9.23. The highest BCUT2D eigenvalue weighted by atomic mass is 32.2. The molecule has 0 unspecified atom stereocenters. The fraction of sp³-hybridized carbons (Fsp3) is 0.350. The van der Waals surface area contributed by atoms with Gasteiger partial charge in [0.1, 0.15) is 0 Å². The number of hydrogen-bond donors (Lipinski definition) is 1. The minimum absolute atomic E-state index is 0.138. The van der Waals surface area contributed by atoms with Crippen LogP contribution in [-0.2, 0) is 6.54 Å². The summed E-state index contributed by atoms with van der Waals surface area (Å²) in [5.74, 6) is 0.508. The molecule has 0 saturated heterocycles. The fourth-order valence-electron chi connectivity index (χ4n) is 2.94. The molecule has 0 saturated carbocycles. The molecule has 0 aliphatic heterocycles. The smallest absolute Gasteiger partial charge is 0.210 e. The van der Waals surface area contributed by atoms with Crippen LogP contribution < -0.4 is 5.32 Å². The van der Waals surface area contributed by atoms with Crippen LogP contribution in [0.15, 0.2) is 34.7 Å². The van der Waals surface area contributed by atoms with E-state index in [-0.39, 0.29) is 5.78 Å². The summed E-state index contributed by atoms with van der Waals surface area (Å²) in [7, 11) is 0. The Balaban J connectivity index is 1.60. The Morgan fingerprint density at radius 3 is 2.63 bits per heavy atom. The van der Waals surface area contributed by atoms with Crippen LogP contribution in [0.1, 0.15) is 40.7 Å². The first kappa shape index (κ1) is 19.6. The van der Waals surface area contributed by atoms with E-state index in [9.17, 15) is 4.79 Å². The normalized spacial score (nSPS) is 11.0. The molecule has 3 aromatic rings. The number of carbonyl (C=O) groups excluding carboxylic acids is 1. The standard InChI is InChI=1S/C20H24N4OS2/c1-5-10-24-14(3)11-17(15(24)4)18(25)12-26-20-23-22-19(27-20)21-16-8-6-13(2)7-9-16/h6-9,11H,5,10,12H2,1-4H3,(H,21,22). The van der Waals surface area contributed by atoms with Crippen LogP contribution in [0.25, 0.3) is 0 Å². The van der Waals surface area contributed by atoms with Crippen LogP contribution in [0.4, 0.5) is 10.8 Å². The lowest BCUT2D eigenvalue weighted by Gasteiger charge is -2.07. The minimum Gasteiger partial charge on any atom is -0.348 e. The first-order chi connectivity index (χ1) is 13.0. The highest BCUT2D eigenvalue weighted by molar-refractivity contribution is 8.01. The van der Waals surface area contributed by atoms with Crippen molar-refractivity contribution in [2.45, 2.75) is 45.0 Å². The van der Waals surface area contributed by atoms with Gasteiger partial charge in [0.25, 0.3) is 0 Å². The molecule has 142 valence electrons. The van der Waals surface area contributed by atoms with E-state index in [1.165, 1.54) is 28.7 Å². The van der Waals surface area contributed by atoms with Crippen LogP contribution >= 0.6 is 23.1 Å². The van der Waals surface area contributed by atoms with Gasteiger partial charge >= 0.3 is 0 Å². The van der Waals surface area contributed by atoms with Crippen LogP contribution in [0.3, 0.4) is 0 Å². The third-order valence-electron chi connectivity index (χ3n) is 4.36. The van der Waals surface area contributed by atoms with E-state index in [4.69, 9.17) is 0 Å². The van der Waals surface area contributed by atoms with Crippen LogP contribution in [0.2, 0.25) is 0 Å². The van der Waals surface area contributed by atoms with Crippen molar-refractivity contribution in [3.8, 4) is 0 Å². The molecule has 1 aromatic carbocycles. The van der Waals surface area contributed by atoms with E-state index in [2.05, 4.69) is 40.9 Å². The van der Waals surface area contributed by atoms with Crippen molar-refractivity contribution in [3.63, 3.8) is 0 Å². The van der Waals surface area contributed by atoms with Crippen molar-refractivity contribution in [2.75, 3.05) is 11.1 Å². The summed E-state index contributed by atoms with van der Waals surface area (Å²) in [5.41, 5.74) is 5.21. The molecule has 2 aromatic heterocycles. The van der Waals surface area contributed by atoms with Crippen molar-refractivity contribution >= 4 is 39.7 Å². The molecule has 1 N–H and O–H groups in total. The van der Waals surface area contributed by atoms with Gasteiger partial charge < -0.3 is 9.88 Å². The van der Waals surface area contributed by atoms with Gasteiger partial charge in [-0.25, -0.2) is 0 Å². The predicted octanol–water partition coefficient (Wildman–Crippen LogP) is 5.39. The maximum Gasteiger partial charge on any atom is 0.210 e. The second kappa shape index (κ2) is 8.71.